The zero-order chi connectivity index (χ0) is 19.3. The zero-order valence-corrected chi connectivity index (χ0v) is 16.9. The highest BCUT2D eigenvalue weighted by molar-refractivity contribution is 6.35. The minimum atomic E-state index is -0.420. The third kappa shape index (κ3) is 3.04. The van der Waals surface area contributed by atoms with Crippen LogP contribution < -0.4 is 4.74 Å². The van der Waals surface area contributed by atoms with Crippen molar-refractivity contribution in [3.05, 3.63) is 98.5 Å². The quantitative estimate of drug-likeness (QED) is 0.443. The summed E-state index contributed by atoms with van der Waals surface area (Å²) in [6, 6.07) is 21.4. The van der Waals surface area contributed by atoms with Gasteiger partial charge in [0.2, 0.25) is 6.23 Å². The summed E-state index contributed by atoms with van der Waals surface area (Å²) >= 11 is 19.0. The molecule has 3 aromatic rings. The number of fused-ring (bicyclic) bond motifs is 3. The Bertz CT molecular complexity index is 1080. The van der Waals surface area contributed by atoms with E-state index < -0.39 is 6.23 Å². The lowest BCUT2D eigenvalue weighted by Gasteiger charge is -2.38. The van der Waals surface area contributed by atoms with Gasteiger partial charge >= 0.3 is 0 Å². The Morgan fingerprint density at radius 3 is 2.50 bits per heavy atom. The fourth-order valence-corrected chi connectivity index (χ4v) is 4.55. The summed E-state index contributed by atoms with van der Waals surface area (Å²) in [5, 5.41) is 8.65. The molecule has 0 saturated carbocycles. The van der Waals surface area contributed by atoms with Crippen molar-refractivity contribution >= 4 is 40.5 Å². The van der Waals surface area contributed by atoms with E-state index in [4.69, 9.17) is 44.6 Å². The third-order valence-electron chi connectivity index (χ3n) is 5.05. The van der Waals surface area contributed by atoms with E-state index in [0.29, 0.717) is 20.8 Å². The Kier molecular flexibility index (Phi) is 4.47. The summed E-state index contributed by atoms with van der Waals surface area (Å²) in [6.07, 6.45) is 0.324. The summed E-state index contributed by atoms with van der Waals surface area (Å²) in [5.41, 5.74) is 3.97. The summed E-state index contributed by atoms with van der Waals surface area (Å²) in [6.45, 7) is 0. The predicted octanol–water partition coefficient (Wildman–Crippen LogP) is 6.89. The van der Waals surface area contributed by atoms with Crippen LogP contribution in [0.1, 0.15) is 35.4 Å². The van der Waals surface area contributed by atoms with Crippen LogP contribution in [-0.2, 0) is 0 Å². The van der Waals surface area contributed by atoms with E-state index >= 15 is 0 Å². The number of hydrogen-bond donors (Lipinski definition) is 0. The number of ether oxygens (including phenoxy) is 1. The van der Waals surface area contributed by atoms with Crippen molar-refractivity contribution in [1.29, 1.82) is 0 Å². The smallest absolute Gasteiger partial charge is 0.214 e. The molecular formula is C22H15Cl3N2O. The van der Waals surface area contributed by atoms with Crippen LogP contribution in [0, 0.1) is 0 Å². The molecule has 2 aliphatic heterocycles. The first-order valence-corrected chi connectivity index (χ1v) is 10.1. The van der Waals surface area contributed by atoms with Crippen LogP contribution in [0.25, 0.3) is 0 Å². The highest BCUT2D eigenvalue weighted by atomic mass is 35.5. The number of nitrogens with zero attached hydrogens (tertiary/aromatic N) is 2. The fourth-order valence-electron chi connectivity index (χ4n) is 3.80. The minimum Gasteiger partial charge on any atom is -0.463 e. The normalized spacial score (nSPS) is 20.2. The average Bonchev–Trinajstić information content (AvgIpc) is 3.14. The maximum Gasteiger partial charge on any atom is 0.214 e. The molecule has 6 heteroatoms. The van der Waals surface area contributed by atoms with Gasteiger partial charge in [-0.2, -0.15) is 5.10 Å². The number of hydrogen-bond acceptors (Lipinski definition) is 3. The van der Waals surface area contributed by atoms with Crippen molar-refractivity contribution in [3.63, 3.8) is 0 Å². The van der Waals surface area contributed by atoms with Crippen molar-refractivity contribution in [2.45, 2.75) is 18.7 Å². The topological polar surface area (TPSA) is 24.8 Å². The van der Waals surface area contributed by atoms with Gasteiger partial charge in [-0.25, -0.2) is 5.01 Å². The molecule has 0 radical (unpaired) electrons. The molecule has 3 aromatic carbocycles. The molecule has 0 saturated heterocycles. The van der Waals surface area contributed by atoms with Crippen molar-refractivity contribution < 1.29 is 4.74 Å². The SMILES string of the molecule is Clc1cccc([C@H]2Oc3c(Cl)cc(Cl)cc3[C@H]3CC(c4ccccc4)=NN32)c1. The van der Waals surface area contributed by atoms with E-state index in [9.17, 15) is 0 Å². The highest BCUT2D eigenvalue weighted by Gasteiger charge is 2.42. The van der Waals surface area contributed by atoms with E-state index in [1.165, 1.54) is 0 Å². The van der Waals surface area contributed by atoms with Crippen molar-refractivity contribution in [2.75, 3.05) is 0 Å². The molecule has 0 N–H and O–H groups in total. The fraction of sp³-hybridized carbons (Fsp3) is 0.136. The molecule has 0 unspecified atom stereocenters. The molecule has 140 valence electrons. The van der Waals surface area contributed by atoms with Gasteiger partial charge in [-0.05, 0) is 29.8 Å². The largest absolute Gasteiger partial charge is 0.463 e. The molecule has 0 amide bonds. The molecule has 2 heterocycles. The van der Waals surface area contributed by atoms with Crippen LogP contribution in [0.3, 0.4) is 0 Å². The lowest BCUT2D eigenvalue weighted by molar-refractivity contribution is -0.0189. The number of hydrazone groups is 1. The highest BCUT2D eigenvalue weighted by Crippen LogP contribution is 2.50. The first kappa shape index (κ1) is 17.9. The average molecular weight is 430 g/mol. The van der Waals surface area contributed by atoms with E-state index in [0.717, 1.165) is 28.8 Å². The predicted molar refractivity (Wildman–Crippen MR) is 113 cm³/mol. The summed E-state index contributed by atoms with van der Waals surface area (Å²) in [5.74, 6) is 0.654. The molecule has 0 aromatic heterocycles. The maximum atomic E-state index is 6.48. The first-order valence-electron chi connectivity index (χ1n) is 8.92. The lowest BCUT2D eigenvalue weighted by atomic mass is 9.96. The second-order valence-electron chi connectivity index (χ2n) is 6.84. The van der Waals surface area contributed by atoms with Gasteiger partial charge < -0.3 is 4.74 Å². The molecular weight excluding hydrogens is 415 g/mol. The Hall–Kier alpha value is -2.20. The standard InChI is InChI=1S/C22H15Cl3N2O/c23-15-8-4-7-14(9-15)22-27-20(12-19(26-27)13-5-2-1-3-6-13)17-10-16(24)11-18(25)21(17)28-22/h1-11,20,22H,12H2/t20-,22-/m1/s1. The molecule has 0 bridgehead atoms. The minimum absolute atomic E-state index is 0.0147. The molecule has 2 aliphatic rings. The second-order valence-corrected chi connectivity index (χ2v) is 8.12. The Morgan fingerprint density at radius 1 is 0.893 bits per heavy atom. The summed E-state index contributed by atoms with van der Waals surface area (Å²) in [4.78, 5) is 0. The Balaban J connectivity index is 1.65. The molecule has 2 atom stereocenters. The van der Waals surface area contributed by atoms with Gasteiger partial charge in [-0.1, -0.05) is 77.3 Å². The second kappa shape index (κ2) is 7.00. The molecule has 0 spiro atoms. The molecule has 0 fully saturated rings. The van der Waals surface area contributed by atoms with Crippen molar-refractivity contribution in [3.8, 4) is 5.75 Å². The van der Waals surface area contributed by atoms with Crippen LogP contribution in [0.2, 0.25) is 15.1 Å². The molecule has 5 rings (SSSR count). The van der Waals surface area contributed by atoms with Crippen molar-refractivity contribution in [1.82, 2.24) is 5.01 Å². The van der Waals surface area contributed by atoms with Gasteiger partial charge in [0, 0.05) is 27.6 Å². The van der Waals surface area contributed by atoms with Crippen LogP contribution in [0.15, 0.2) is 71.8 Å². The van der Waals surface area contributed by atoms with Crippen LogP contribution in [0.4, 0.5) is 0 Å². The van der Waals surface area contributed by atoms with E-state index in [2.05, 4.69) is 12.1 Å². The van der Waals surface area contributed by atoms with Gasteiger partial charge in [-0.15, -0.1) is 0 Å². The van der Waals surface area contributed by atoms with Gasteiger partial charge in [0.15, 0.2) is 0 Å². The van der Waals surface area contributed by atoms with Gasteiger partial charge in [0.1, 0.15) is 5.75 Å². The molecule has 0 aliphatic carbocycles. The van der Waals surface area contributed by atoms with Gasteiger partial charge in [0.05, 0.1) is 16.8 Å². The number of halogens is 3. The first-order chi connectivity index (χ1) is 13.6. The van der Waals surface area contributed by atoms with E-state index in [1.807, 2.05) is 53.5 Å². The number of rotatable bonds is 2. The van der Waals surface area contributed by atoms with E-state index in [1.54, 1.807) is 6.07 Å². The Morgan fingerprint density at radius 2 is 1.71 bits per heavy atom. The maximum absolute atomic E-state index is 6.48. The number of benzene rings is 3. The van der Waals surface area contributed by atoms with Gasteiger partial charge in [0.25, 0.3) is 0 Å². The molecule has 28 heavy (non-hydrogen) atoms. The van der Waals surface area contributed by atoms with Crippen LogP contribution in [0.5, 0.6) is 5.75 Å². The lowest BCUT2D eigenvalue weighted by Crippen LogP contribution is -2.33. The zero-order valence-electron chi connectivity index (χ0n) is 14.6. The summed E-state index contributed by atoms with van der Waals surface area (Å²) < 4.78 is 6.33. The van der Waals surface area contributed by atoms with Crippen LogP contribution >= 0.6 is 34.8 Å². The Labute approximate surface area is 178 Å². The monoisotopic (exact) mass is 428 g/mol. The third-order valence-corrected chi connectivity index (χ3v) is 5.78. The van der Waals surface area contributed by atoms with Gasteiger partial charge in [-0.3, -0.25) is 0 Å². The summed E-state index contributed by atoms with van der Waals surface area (Å²) in [7, 11) is 0. The van der Waals surface area contributed by atoms with Crippen LogP contribution in [-0.4, -0.2) is 10.7 Å². The van der Waals surface area contributed by atoms with Crippen molar-refractivity contribution in [2.24, 2.45) is 5.10 Å². The van der Waals surface area contributed by atoms with E-state index in [-0.39, 0.29) is 6.04 Å². The molecule has 3 nitrogen and oxygen atoms in total.